The number of thioether (sulfide) groups is 1. The van der Waals surface area contributed by atoms with Crippen molar-refractivity contribution in [2.24, 2.45) is 0 Å². The lowest BCUT2D eigenvalue weighted by molar-refractivity contribution is -0.127. The molecule has 0 unspecified atom stereocenters. The molecule has 0 saturated carbocycles. The van der Waals surface area contributed by atoms with Gasteiger partial charge in [0.25, 0.3) is 0 Å². The number of fused-ring (bicyclic) bond motifs is 2. The Hall–Kier alpha value is -0.956. The van der Waals surface area contributed by atoms with Crippen LogP contribution in [0.25, 0.3) is 11.0 Å². The second-order valence-electron chi connectivity index (χ2n) is 10.8. The number of rotatable bonds is 5. The summed E-state index contributed by atoms with van der Waals surface area (Å²) < 4.78 is 22.9. The number of carbonyl (C=O) groups excluding carboxylic acids is 1. The molecule has 0 aliphatic carbocycles. The molecule has 0 bridgehead atoms. The molecule has 2 saturated heterocycles. The van der Waals surface area contributed by atoms with E-state index >= 15 is 0 Å². The first kappa shape index (κ1) is 27.1. The summed E-state index contributed by atoms with van der Waals surface area (Å²) in [6, 6.07) is 1.82. The summed E-state index contributed by atoms with van der Waals surface area (Å²) in [5.41, 5.74) is 7.23. The molecule has 12 heteroatoms. The first-order valence-electron chi connectivity index (χ1n) is 12.3. The Morgan fingerprint density at radius 2 is 1.66 bits per heavy atom. The Balaban J connectivity index is 1.79. The molecule has 3 atom stereocenters. The number of hydrogen-bond acceptors (Lipinski definition) is 8. The Morgan fingerprint density at radius 1 is 1.06 bits per heavy atom. The number of ketones is 1. The van der Waals surface area contributed by atoms with E-state index in [1.807, 2.05) is 16.8 Å². The Morgan fingerprint density at radius 3 is 2.23 bits per heavy atom. The zero-order valence-corrected chi connectivity index (χ0v) is 25.3. The molecule has 4 rings (SSSR count). The molecule has 35 heavy (non-hydrogen) atoms. The van der Waals surface area contributed by atoms with Crippen LogP contribution < -0.4 is 5.73 Å². The number of hydrogen-bond donors (Lipinski definition) is 1. The second kappa shape index (κ2) is 9.73. The van der Waals surface area contributed by atoms with E-state index in [9.17, 15) is 4.79 Å². The van der Waals surface area contributed by atoms with Crippen LogP contribution in [0, 0.1) is 0 Å². The van der Waals surface area contributed by atoms with Gasteiger partial charge in [0, 0.05) is 6.20 Å². The normalized spacial score (nSPS) is 26.7. The number of halogens is 1. The molecule has 2 aromatic rings. The van der Waals surface area contributed by atoms with Gasteiger partial charge in [-0.25, -0.2) is 4.98 Å². The van der Waals surface area contributed by atoms with E-state index in [2.05, 4.69) is 65.4 Å². The van der Waals surface area contributed by atoms with Gasteiger partial charge in [0.1, 0.15) is 22.3 Å². The topological polar surface area (TPSA) is 101 Å². The summed E-state index contributed by atoms with van der Waals surface area (Å²) >= 11 is 7.86. The zero-order chi connectivity index (χ0) is 25.9. The predicted octanol–water partition coefficient (Wildman–Crippen LogP) is 5.81. The van der Waals surface area contributed by atoms with Gasteiger partial charge in [0.2, 0.25) is 5.95 Å². The van der Waals surface area contributed by atoms with Gasteiger partial charge in [-0.2, -0.15) is 4.98 Å². The molecule has 2 aliphatic rings. The molecule has 0 amide bonds. The minimum absolute atomic E-state index is 0.000517. The third kappa shape index (κ3) is 4.40. The first-order chi connectivity index (χ1) is 16.3. The van der Waals surface area contributed by atoms with E-state index in [0.29, 0.717) is 17.6 Å². The lowest BCUT2D eigenvalue weighted by atomic mass is 10.2. The lowest BCUT2D eigenvalue weighted by Gasteiger charge is -2.51. The number of nitrogens with zero attached hydrogens (tertiary/aromatic N) is 3. The van der Waals surface area contributed by atoms with Gasteiger partial charge in [-0.05, 0) is 28.2 Å². The summed E-state index contributed by atoms with van der Waals surface area (Å²) in [5.74, 6) is 0.0760. The van der Waals surface area contributed by atoms with Crippen molar-refractivity contribution in [2.45, 2.75) is 94.3 Å². The van der Waals surface area contributed by atoms with Crippen LogP contribution in [-0.2, 0) is 17.8 Å². The Labute approximate surface area is 219 Å². The van der Waals surface area contributed by atoms with Gasteiger partial charge < -0.3 is 23.3 Å². The standard InChI is InChI=1S/C23H37ClN4O4SSi2/c1-12(2)34(13(3)4)30-11-17-19(31-35(32-34,14(5)6)15(7)8)18(29)22(33-17)28-10-9-16-20(24)26-23(25)27-21(16)28/h9-10,12-15,17,19,22H,11H2,1-8H3,(H2,25,26,27)/t17-,19-,22-/m1/s1. The van der Waals surface area contributed by atoms with Crippen LogP contribution in [0.4, 0.5) is 5.95 Å². The van der Waals surface area contributed by atoms with E-state index in [1.165, 1.54) is 0 Å². The van der Waals surface area contributed by atoms with Gasteiger partial charge in [0.15, 0.2) is 5.78 Å². The van der Waals surface area contributed by atoms with Crippen molar-refractivity contribution in [3.05, 3.63) is 17.4 Å². The minimum atomic E-state index is -2.87. The maximum atomic E-state index is 13.9. The van der Waals surface area contributed by atoms with Gasteiger partial charge in [-0.3, -0.25) is 4.79 Å². The summed E-state index contributed by atoms with van der Waals surface area (Å²) in [6.07, 6.45) is 1.22. The van der Waals surface area contributed by atoms with Crippen molar-refractivity contribution in [2.75, 3.05) is 12.3 Å². The molecule has 4 heterocycles. The highest BCUT2D eigenvalue weighted by molar-refractivity contribution is 8.01. The first-order valence-corrected chi connectivity index (χ1v) is 17.6. The molecule has 8 nitrogen and oxygen atoms in total. The zero-order valence-electron chi connectivity index (χ0n) is 21.7. The number of carbonyl (C=O) groups is 1. The molecule has 194 valence electrons. The number of Topliss-reactive ketones (excluding diaryl/α,β-unsaturated/α-hetero) is 1. The molecule has 2 fully saturated rings. The van der Waals surface area contributed by atoms with Crippen LogP contribution in [0.1, 0.15) is 60.8 Å². The second-order valence-corrected chi connectivity index (χ2v) is 21.3. The van der Waals surface area contributed by atoms with Crippen LogP contribution in [0.5, 0.6) is 0 Å². The molecule has 2 aromatic heterocycles. The third-order valence-electron chi connectivity index (χ3n) is 7.28. The summed E-state index contributed by atoms with van der Waals surface area (Å²) in [7, 11) is -5.53. The number of anilines is 1. The van der Waals surface area contributed by atoms with E-state index in [0.717, 1.165) is 0 Å². The fourth-order valence-corrected chi connectivity index (χ4v) is 18.4. The molecule has 0 aromatic carbocycles. The summed E-state index contributed by atoms with van der Waals surface area (Å²) in [5, 5.41) is 0.279. The number of nitrogens with two attached hydrogens (primary N) is 1. The van der Waals surface area contributed by atoms with E-state index < -0.39 is 28.6 Å². The highest BCUT2D eigenvalue weighted by atomic mass is 35.5. The van der Waals surface area contributed by atoms with Crippen LogP contribution in [0.15, 0.2) is 12.3 Å². The van der Waals surface area contributed by atoms with Gasteiger partial charge in [-0.1, -0.05) is 67.0 Å². The average molecular weight is 557 g/mol. The van der Waals surface area contributed by atoms with Crippen molar-refractivity contribution in [1.29, 1.82) is 0 Å². The van der Waals surface area contributed by atoms with Crippen LogP contribution in [0.2, 0.25) is 27.3 Å². The van der Waals surface area contributed by atoms with Crippen molar-refractivity contribution in [3.8, 4) is 0 Å². The molecular formula is C23H37ClN4O4SSi2. The quantitative estimate of drug-likeness (QED) is 0.364. The van der Waals surface area contributed by atoms with Gasteiger partial charge >= 0.3 is 17.1 Å². The Bertz CT molecular complexity index is 1100. The maximum Gasteiger partial charge on any atom is 0.335 e. The average Bonchev–Trinajstić information content (AvgIpc) is 3.28. The minimum Gasteiger partial charge on any atom is -0.414 e. The number of aromatic nitrogens is 3. The SMILES string of the molecule is CC(C)[Si]1(C(C)C)OC[C@H]2S[C@@H](n3ccc4c(Cl)nc(N)nc43)C(=O)[C@@H]2O[Si](C(C)C)(C(C)C)O1. The molecule has 2 N–H and O–H groups in total. The van der Waals surface area contributed by atoms with Crippen LogP contribution >= 0.6 is 23.4 Å². The largest absolute Gasteiger partial charge is 0.414 e. The van der Waals surface area contributed by atoms with E-state index in [1.54, 1.807) is 11.8 Å². The molecular weight excluding hydrogens is 520 g/mol. The fourth-order valence-electron chi connectivity index (χ4n) is 5.42. The van der Waals surface area contributed by atoms with Gasteiger partial charge in [0.05, 0.1) is 17.2 Å². The monoisotopic (exact) mass is 556 g/mol. The summed E-state index contributed by atoms with van der Waals surface area (Å²) in [4.78, 5) is 22.4. The van der Waals surface area contributed by atoms with Crippen LogP contribution in [0.3, 0.4) is 0 Å². The van der Waals surface area contributed by atoms with Crippen molar-refractivity contribution < 1.29 is 17.8 Å². The number of nitrogen functional groups attached to an aromatic ring is 1. The predicted molar refractivity (Wildman–Crippen MR) is 146 cm³/mol. The maximum absolute atomic E-state index is 13.9. The lowest BCUT2D eigenvalue weighted by Crippen LogP contribution is -2.65. The summed E-state index contributed by atoms with van der Waals surface area (Å²) in [6.45, 7) is 17.8. The molecule has 0 spiro atoms. The third-order valence-corrected chi connectivity index (χ3v) is 19.3. The van der Waals surface area contributed by atoms with Crippen LogP contribution in [-0.4, -0.2) is 55.4 Å². The van der Waals surface area contributed by atoms with Gasteiger partial charge in [-0.15, -0.1) is 11.8 Å². The Kier molecular flexibility index (Phi) is 7.53. The fraction of sp³-hybridized carbons (Fsp3) is 0.696. The highest BCUT2D eigenvalue weighted by Crippen LogP contribution is 2.51. The molecule has 2 aliphatic heterocycles. The van der Waals surface area contributed by atoms with Crippen molar-refractivity contribution in [3.63, 3.8) is 0 Å². The van der Waals surface area contributed by atoms with E-state index in [4.69, 9.17) is 30.3 Å². The van der Waals surface area contributed by atoms with Crippen molar-refractivity contribution in [1.82, 2.24) is 14.5 Å². The molecule has 0 radical (unpaired) electrons. The highest BCUT2D eigenvalue weighted by Gasteiger charge is 2.61. The van der Waals surface area contributed by atoms with E-state index in [-0.39, 0.29) is 44.3 Å². The van der Waals surface area contributed by atoms with Crippen molar-refractivity contribution >= 4 is 63.2 Å². The smallest absolute Gasteiger partial charge is 0.335 e.